The van der Waals surface area contributed by atoms with Crippen LogP contribution in [0.5, 0.6) is 0 Å². The topological polar surface area (TPSA) is 73.9 Å². The number of benzene rings is 1. The van der Waals surface area contributed by atoms with Gasteiger partial charge in [0.1, 0.15) is 0 Å². The van der Waals surface area contributed by atoms with Gasteiger partial charge in [0, 0.05) is 39.3 Å². The first kappa shape index (κ1) is 24.5. The molecule has 3 atom stereocenters. The molecule has 2 fully saturated rings. The van der Waals surface area contributed by atoms with Crippen LogP contribution in [0.25, 0.3) is 0 Å². The van der Waals surface area contributed by atoms with Crippen LogP contribution < -0.4 is 10.6 Å². The summed E-state index contributed by atoms with van der Waals surface area (Å²) in [4.78, 5) is 29.8. The monoisotopic (exact) mass is 444 g/mol. The average Bonchev–Trinajstić information content (AvgIpc) is 2.79. The minimum absolute atomic E-state index is 0.0461. The van der Waals surface area contributed by atoms with Crippen molar-refractivity contribution in [1.29, 1.82) is 0 Å². The van der Waals surface area contributed by atoms with E-state index in [-0.39, 0.29) is 24.4 Å². The second-order valence-corrected chi connectivity index (χ2v) is 9.45. The number of piperidine rings is 1. The molecule has 2 N–H and O–H groups in total. The molecule has 7 nitrogen and oxygen atoms in total. The number of morpholine rings is 1. The zero-order valence-corrected chi connectivity index (χ0v) is 19.7. The summed E-state index contributed by atoms with van der Waals surface area (Å²) in [6, 6.07) is 9.49. The molecule has 1 aromatic carbocycles. The number of rotatable bonds is 9. The number of unbranched alkanes of at least 4 members (excludes halogenated alkanes) is 1. The highest BCUT2D eigenvalue weighted by Gasteiger charge is 2.27. The number of likely N-dealkylation sites (tertiary alicyclic amines) is 1. The Balaban J connectivity index is 1.39. The van der Waals surface area contributed by atoms with E-state index in [9.17, 15) is 9.59 Å². The number of amides is 3. The van der Waals surface area contributed by atoms with Crippen molar-refractivity contribution in [3.8, 4) is 0 Å². The molecule has 3 amide bonds. The van der Waals surface area contributed by atoms with Gasteiger partial charge in [0.2, 0.25) is 5.91 Å². The number of nitrogens with one attached hydrogen (secondary N) is 2. The third kappa shape index (κ3) is 7.78. The van der Waals surface area contributed by atoms with E-state index in [1.807, 2.05) is 35.2 Å². The fourth-order valence-corrected chi connectivity index (χ4v) is 4.93. The highest BCUT2D eigenvalue weighted by atomic mass is 16.5. The van der Waals surface area contributed by atoms with Gasteiger partial charge in [-0.1, -0.05) is 44.2 Å². The molecule has 2 heterocycles. The summed E-state index contributed by atoms with van der Waals surface area (Å²) in [5, 5.41) is 5.86. The number of nitrogens with zero attached hydrogens (tertiary/aromatic N) is 2. The van der Waals surface area contributed by atoms with E-state index in [4.69, 9.17) is 4.74 Å². The molecule has 3 rings (SSSR count). The van der Waals surface area contributed by atoms with Gasteiger partial charge in [0.15, 0.2) is 0 Å². The minimum Gasteiger partial charge on any atom is -0.378 e. The second-order valence-electron chi connectivity index (χ2n) is 9.45. The molecule has 0 aliphatic carbocycles. The number of carbonyl (C=O) groups is 2. The number of ether oxygens (including phenoxy) is 1. The lowest BCUT2D eigenvalue weighted by molar-refractivity contribution is -0.136. The smallest absolute Gasteiger partial charge is 0.314 e. The molecule has 1 aromatic rings. The first-order chi connectivity index (χ1) is 15.5. The second kappa shape index (κ2) is 12.8. The lowest BCUT2D eigenvalue weighted by Crippen LogP contribution is -2.46. The highest BCUT2D eigenvalue weighted by molar-refractivity contribution is 5.85. The number of urea groups is 1. The van der Waals surface area contributed by atoms with Gasteiger partial charge in [-0.3, -0.25) is 4.79 Å². The Labute approximate surface area is 192 Å². The van der Waals surface area contributed by atoms with Crippen molar-refractivity contribution in [2.45, 2.75) is 39.0 Å². The SMILES string of the molecule is CC1CC(C)CN(CCCCNC(=O)NCC(C(=O)N2CCOCC2)c2ccccc2)C1. The molecular weight excluding hydrogens is 404 g/mol. The zero-order chi connectivity index (χ0) is 22.8. The zero-order valence-electron chi connectivity index (χ0n) is 19.7. The molecular formula is C25H40N4O3. The van der Waals surface area contributed by atoms with E-state index in [1.165, 1.54) is 19.5 Å². The van der Waals surface area contributed by atoms with Crippen molar-refractivity contribution in [2.24, 2.45) is 11.8 Å². The van der Waals surface area contributed by atoms with E-state index in [0.717, 1.165) is 36.8 Å². The predicted octanol–water partition coefficient (Wildman–Crippen LogP) is 2.69. The van der Waals surface area contributed by atoms with Crippen molar-refractivity contribution >= 4 is 11.9 Å². The van der Waals surface area contributed by atoms with Gasteiger partial charge in [-0.05, 0) is 43.2 Å². The third-order valence-corrected chi connectivity index (χ3v) is 6.42. The first-order valence-electron chi connectivity index (χ1n) is 12.2. The standard InChI is InChI=1S/C25H40N4O3/c1-20-16-21(2)19-28(18-20)11-7-6-10-26-25(31)27-17-23(22-8-4-3-5-9-22)24(30)29-12-14-32-15-13-29/h3-5,8-9,20-21,23H,6-7,10-19H2,1-2H3,(H2,26,27,31). The van der Waals surface area contributed by atoms with Crippen LogP contribution in [0.15, 0.2) is 30.3 Å². The van der Waals surface area contributed by atoms with Crippen molar-refractivity contribution in [3.05, 3.63) is 35.9 Å². The molecule has 0 saturated carbocycles. The quantitative estimate of drug-likeness (QED) is 0.575. The van der Waals surface area contributed by atoms with Crippen LogP contribution in [0, 0.1) is 11.8 Å². The van der Waals surface area contributed by atoms with Gasteiger partial charge in [-0.25, -0.2) is 4.79 Å². The summed E-state index contributed by atoms with van der Waals surface area (Å²) >= 11 is 0. The van der Waals surface area contributed by atoms with E-state index in [1.54, 1.807) is 0 Å². The molecule has 0 radical (unpaired) electrons. The fourth-order valence-electron chi connectivity index (χ4n) is 4.93. The van der Waals surface area contributed by atoms with Crippen LogP contribution in [0.3, 0.4) is 0 Å². The Morgan fingerprint density at radius 1 is 1.03 bits per heavy atom. The maximum Gasteiger partial charge on any atom is 0.314 e. The molecule has 178 valence electrons. The largest absolute Gasteiger partial charge is 0.378 e. The Morgan fingerprint density at radius 3 is 2.41 bits per heavy atom. The Bertz CT molecular complexity index is 698. The molecule has 32 heavy (non-hydrogen) atoms. The van der Waals surface area contributed by atoms with Crippen molar-refractivity contribution in [2.75, 3.05) is 59.0 Å². The molecule has 0 spiro atoms. The van der Waals surface area contributed by atoms with Crippen LogP contribution in [-0.2, 0) is 9.53 Å². The van der Waals surface area contributed by atoms with Crippen LogP contribution in [-0.4, -0.2) is 80.8 Å². The maximum absolute atomic E-state index is 13.1. The first-order valence-corrected chi connectivity index (χ1v) is 12.2. The summed E-state index contributed by atoms with van der Waals surface area (Å²) in [5.74, 6) is 1.22. The van der Waals surface area contributed by atoms with Crippen LogP contribution in [0.1, 0.15) is 44.6 Å². The van der Waals surface area contributed by atoms with Gasteiger partial charge in [-0.15, -0.1) is 0 Å². The molecule has 0 bridgehead atoms. The third-order valence-electron chi connectivity index (χ3n) is 6.42. The average molecular weight is 445 g/mol. The minimum atomic E-state index is -0.386. The van der Waals surface area contributed by atoms with Crippen LogP contribution in [0.4, 0.5) is 4.79 Å². The van der Waals surface area contributed by atoms with Gasteiger partial charge in [0.25, 0.3) is 0 Å². The van der Waals surface area contributed by atoms with Crippen LogP contribution in [0.2, 0.25) is 0 Å². The highest BCUT2D eigenvalue weighted by Crippen LogP contribution is 2.21. The molecule has 2 saturated heterocycles. The predicted molar refractivity (Wildman–Crippen MR) is 127 cm³/mol. The summed E-state index contributed by atoms with van der Waals surface area (Å²) in [6.45, 7) is 11.4. The molecule has 2 aliphatic heterocycles. The van der Waals surface area contributed by atoms with Gasteiger partial charge >= 0.3 is 6.03 Å². The van der Waals surface area contributed by atoms with E-state index < -0.39 is 0 Å². The molecule has 2 aliphatic rings. The number of carbonyl (C=O) groups excluding carboxylic acids is 2. The van der Waals surface area contributed by atoms with E-state index in [0.29, 0.717) is 32.8 Å². The fraction of sp³-hybridized carbons (Fsp3) is 0.680. The Kier molecular flexibility index (Phi) is 9.81. The van der Waals surface area contributed by atoms with Gasteiger partial charge in [-0.2, -0.15) is 0 Å². The van der Waals surface area contributed by atoms with Gasteiger partial charge < -0.3 is 25.2 Å². The summed E-state index contributed by atoms with van der Waals surface area (Å²) in [5.41, 5.74) is 0.925. The van der Waals surface area contributed by atoms with Crippen molar-refractivity contribution in [1.82, 2.24) is 20.4 Å². The summed E-state index contributed by atoms with van der Waals surface area (Å²) < 4.78 is 5.37. The summed E-state index contributed by atoms with van der Waals surface area (Å²) in [6.07, 6.45) is 3.37. The van der Waals surface area contributed by atoms with Crippen molar-refractivity contribution in [3.63, 3.8) is 0 Å². The maximum atomic E-state index is 13.1. The lowest BCUT2D eigenvalue weighted by atomic mass is 9.92. The Hall–Kier alpha value is -2.12. The lowest BCUT2D eigenvalue weighted by Gasteiger charge is -2.34. The van der Waals surface area contributed by atoms with Crippen molar-refractivity contribution < 1.29 is 14.3 Å². The summed E-state index contributed by atoms with van der Waals surface area (Å²) in [7, 11) is 0. The van der Waals surface area contributed by atoms with Gasteiger partial charge in [0.05, 0.1) is 19.1 Å². The molecule has 3 unspecified atom stereocenters. The Morgan fingerprint density at radius 2 is 1.72 bits per heavy atom. The number of hydrogen-bond donors (Lipinski definition) is 2. The normalized spacial score (nSPS) is 22.9. The van der Waals surface area contributed by atoms with E-state index >= 15 is 0 Å². The molecule has 7 heteroatoms. The van der Waals surface area contributed by atoms with Crippen LogP contribution >= 0.6 is 0 Å². The molecule has 0 aromatic heterocycles. The number of hydrogen-bond acceptors (Lipinski definition) is 4. The van der Waals surface area contributed by atoms with E-state index in [2.05, 4.69) is 29.4 Å².